The molecule has 0 spiro atoms. The lowest BCUT2D eigenvalue weighted by molar-refractivity contribution is 0.615. The molecule has 2 aliphatic rings. The van der Waals surface area contributed by atoms with Gasteiger partial charge in [-0.3, -0.25) is 9.78 Å². The van der Waals surface area contributed by atoms with Crippen LogP contribution in [-0.2, 0) is 26.1 Å². The molecule has 2 aromatic rings. The summed E-state index contributed by atoms with van der Waals surface area (Å²) in [5, 5.41) is 3.27. The quantitative estimate of drug-likeness (QED) is 0.808. The first kappa shape index (κ1) is 11.7. The van der Waals surface area contributed by atoms with E-state index < -0.39 is 0 Å². The SMILES string of the molecule is O=c1[nH]c(N2Cc3ccccc3C2)nc2c1CCNC2. The van der Waals surface area contributed by atoms with E-state index in [2.05, 4.69) is 44.5 Å². The Morgan fingerprint density at radius 1 is 1.15 bits per heavy atom. The van der Waals surface area contributed by atoms with E-state index in [-0.39, 0.29) is 5.56 Å². The van der Waals surface area contributed by atoms with Crippen LogP contribution in [0, 0.1) is 0 Å². The molecule has 1 aromatic heterocycles. The topological polar surface area (TPSA) is 61.0 Å². The summed E-state index contributed by atoms with van der Waals surface area (Å²) in [6.07, 6.45) is 0.762. The first-order valence-electron chi connectivity index (χ1n) is 6.96. The molecule has 0 atom stereocenters. The highest BCUT2D eigenvalue weighted by Gasteiger charge is 2.22. The van der Waals surface area contributed by atoms with Crippen molar-refractivity contribution in [2.24, 2.45) is 0 Å². The van der Waals surface area contributed by atoms with Crippen LogP contribution in [0.1, 0.15) is 22.4 Å². The Kier molecular flexibility index (Phi) is 2.60. The maximum absolute atomic E-state index is 12.2. The Labute approximate surface area is 116 Å². The number of aromatic amines is 1. The zero-order valence-corrected chi connectivity index (χ0v) is 11.1. The highest BCUT2D eigenvalue weighted by molar-refractivity contribution is 5.44. The van der Waals surface area contributed by atoms with Gasteiger partial charge in [-0.15, -0.1) is 0 Å². The number of fused-ring (bicyclic) bond motifs is 2. The summed E-state index contributed by atoms with van der Waals surface area (Å²) in [6, 6.07) is 8.37. The number of nitrogens with one attached hydrogen (secondary N) is 2. The molecule has 0 bridgehead atoms. The van der Waals surface area contributed by atoms with Crippen molar-refractivity contribution in [3.63, 3.8) is 0 Å². The number of hydrogen-bond donors (Lipinski definition) is 2. The smallest absolute Gasteiger partial charge is 0.255 e. The Morgan fingerprint density at radius 3 is 2.65 bits per heavy atom. The molecule has 5 nitrogen and oxygen atoms in total. The molecule has 4 rings (SSSR count). The molecule has 5 heteroatoms. The first-order chi connectivity index (χ1) is 9.81. The molecule has 0 unspecified atom stereocenters. The Balaban J connectivity index is 1.71. The van der Waals surface area contributed by atoms with Gasteiger partial charge in [0.25, 0.3) is 5.56 Å². The molecule has 0 amide bonds. The third-order valence-corrected chi connectivity index (χ3v) is 4.07. The Bertz CT molecular complexity index is 697. The molecule has 2 N–H and O–H groups in total. The van der Waals surface area contributed by atoms with Gasteiger partial charge in [-0.1, -0.05) is 24.3 Å². The number of H-pyrrole nitrogens is 1. The van der Waals surface area contributed by atoms with Crippen LogP contribution in [0.5, 0.6) is 0 Å². The summed E-state index contributed by atoms with van der Waals surface area (Å²) in [7, 11) is 0. The fraction of sp³-hybridized carbons (Fsp3) is 0.333. The van der Waals surface area contributed by atoms with E-state index in [4.69, 9.17) is 0 Å². The summed E-state index contributed by atoms with van der Waals surface area (Å²) in [6.45, 7) is 3.16. The van der Waals surface area contributed by atoms with Gasteiger partial charge in [0, 0.05) is 25.2 Å². The highest BCUT2D eigenvalue weighted by Crippen LogP contribution is 2.25. The molecule has 102 valence electrons. The second-order valence-corrected chi connectivity index (χ2v) is 5.37. The van der Waals surface area contributed by atoms with Crippen molar-refractivity contribution >= 4 is 5.95 Å². The van der Waals surface area contributed by atoms with Crippen LogP contribution in [-0.4, -0.2) is 16.5 Å². The lowest BCUT2D eigenvalue weighted by atomic mass is 10.1. The van der Waals surface area contributed by atoms with E-state index in [1.54, 1.807) is 0 Å². The molecule has 0 fully saturated rings. The zero-order chi connectivity index (χ0) is 13.5. The summed E-state index contributed by atoms with van der Waals surface area (Å²) in [5.74, 6) is 0.689. The lowest BCUT2D eigenvalue weighted by Gasteiger charge is -2.20. The predicted octanol–water partition coefficient (Wildman–Crippen LogP) is 0.936. The van der Waals surface area contributed by atoms with E-state index in [1.165, 1.54) is 11.1 Å². The third-order valence-electron chi connectivity index (χ3n) is 4.07. The number of nitrogens with zero attached hydrogens (tertiary/aromatic N) is 2. The lowest BCUT2D eigenvalue weighted by Crippen LogP contribution is -2.33. The molecule has 3 heterocycles. The maximum Gasteiger partial charge on any atom is 0.255 e. The molecule has 2 aliphatic heterocycles. The summed E-state index contributed by atoms with van der Waals surface area (Å²) in [4.78, 5) is 21.9. The minimum absolute atomic E-state index is 0.0162. The van der Waals surface area contributed by atoms with Crippen molar-refractivity contribution in [1.29, 1.82) is 0 Å². The number of rotatable bonds is 1. The fourth-order valence-corrected chi connectivity index (χ4v) is 2.99. The average Bonchev–Trinajstić information content (AvgIpc) is 2.91. The van der Waals surface area contributed by atoms with Gasteiger partial charge >= 0.3 is 0 Å². The predicted molar refractivity (Wildman–Crippen MR) is 76.6 cm³/mol. The summed E-state index contributed by atoms with van der Waals surface area (Å²) < 4.78 is 0. The van der Waals surface area contributed by atoms with Crippen molar-refractivity contribution in [2.75, 3.05) is 11.4 Å². The summed E-state index contributed by atoms with van der Waals surface area (Å²) in [5.41, 5.74) is 4.37. The minimum Gasteiger partial charge on any atom is -0.334 e. The van der Waals surface area contributed by atoms with E-state index in [9.17, 15) is 4.79 Å². The third kappa shape index (κ3) is 1.82. The Morgan fingerprint density at radius 2 is 1.90 bits per heavy atom. The van der Waals surface area contributed by atoms with Crippen LogP contribution in [0.15, 0.2) is 29.1 Å². The second-order valence-electron chi connectivity index (χ2n) is 5.37. The van der Waals surface area contributed by atoms with Gasteiger partial charge in [0.1, 0.15) is 0 Å². The van der Waals surface area contributed by atoms with Crippen LogP contribution in [0.3, 0.4) is 0 Å². The molecular weight excluding hydrogens is 252 g/mol. The first-order valence-corrected chi connectivity index (χ1v) is 6.96. The van der Waals surface area contributed by atoms with Crippen molar-refractivity contribution in [3.8, 4) is 0 Å². The Hall–Kier alpha value is -2.14. The maximum atomic E-state index is 12.2. The van der Waals surface area contributed by atoms with Crippen LogP contribution in [0.2, 0.25) is 0 Å². The number of aromatic nitrogens is 2. The van der Waals surface area contributed by atoms with Crippen molar-refractivity contribution in [3.05, 3.63) is 57.0 Å². The van der Waals surface area contributed by atoms with Crippen molar-refractivity contribution in [1.82, 2.24) is 15.3 Å². The van der Waals surface area contributed by atoms with E-state index in [0.717, 1.165) is 37.3 Å². The molecule has 0 saturated carbocycles. The van der Waals surface area contributed by atoms with Crippen LogP contribution < -0.4 is 15.8 Å². The number of benzene rings is 1. The standard InChI is InChI=1S/C15H16N4O/c20-14-12-5-6-16-7-13(12)17-15(18-14)19-8-10-3-1-2-4-11(10)9-19/h1-4,16H,5-9H2,(H,17,18,20). The monoisotopic (exact) mass is 268 g/mol. The van der Waals surface area contributed by atoms with Gasteiger partial charge in [-0.25, -0.2) is 4.98 Å². The number of anilines is 1. The molecule has 0 aliphatic carbocycles. The average molecular weight is 268 g/mol. The fourth-order valence-electron chi connectivity index (χ4n) is 2.99. The normalized spacial score (nSPS) is 16.9. The van der Waals surface area contributed by atoms with Crippen molar-refractivity contribution in [2.45, 2.75) is 26.1 Å². The minimum atomic E-state index is 0.0162. The molecule has 20 heavy (non-hydrogen) atoms. The molecule has 1 aromatic carbocycles. The van der Waals surface area contributed by atoms with Gasteiger partial charge in [-0.2, -0.15) is 0 Å². The molecule has 0 saturated heterocycles. The van der Waals surface area contributed by atoms with E-state index >= 15 is 0 Å². The van der Waals surface area contributed by atoms with Gasteiger partial charge in [-0.05, 0) is 24.1 Å². The van der Waals surface area contributed by atoms with Gasteiger partial charge < -0.3 is 10.2 Å². The largest absolute Gasteiger partial charge is 0.334 e. The second kappa shape index (κ2) is 4.45. The van der Waals surface area contributed by atoms with Crippen molar-refractivity contribution < 1.29 is 0 Å². The summed E-state index contributed by atoms with van der Waals surface area (Å²) >= 11 is 0. The van der Waals surface area contributed by atoms with Crippen LogP contribution in [0.25, 0.3) is 0 Å². The van der Waals surface area contributed by atoms with E-state index in [1.807, 2.05) is 0 Å². The van der Waals surface area contributed by atoms with Crippen LogP contribution >= 0.6 is 0 Å². The molecular formula is C15H16N4O. The zero-order valence-electron chi connectivity index (χ0n) is 11.1. The number of hydrogen-bond acceptors (Lipinski definition) is 4. The van der Waals surface area contributed by atoms with Gasteiger partial charge in [0.2, 0.25) is 5.95 Å². The highest BCUT2D eigenvalue weighted by atomic mass is 16.1. The van der Waals surface area contributed by atoms with Gasteiger partial charge in [0.05, 0.1) is 5.69 Å². The molecule has 0 radical (unpaired) electrons. The van der Waals surface area contributed by atoms with Gasteiger partial charge in [0.15, 0.2) is 0 Å². The van der Waals surface area contributed by atoms with Crippen LogP contribution in [0.4, 0.5) is 5.95 Å². The van der Waals surface area contributed by atoms with E-state index in [0.29, 0.717) is 12.5 Å².